The van der Waals surface area contributed by atoms with Crippen molar-refractivity contribution in [1.29, 1.82) is 0 Å². The van der Waals surface area contributed by atoms with Gasteiger partial charge in [0.1, 0.15) is 0 Å². The molecule has 3 nitrogen and oxygen atoms in total. The highest BCUT2D eigenvalue weighted by atomic mass is 32.2. The minimum Gasteiger partial charge on any atom is -0.466 e. The van der Waals surface area contributed by atoms with Gasteiger partial charge in [-0.05, 0) is 44.2 Å². The fraction of sp³-hybridized carbons (Fsp3) is 0.941. The molecule has 0 fully saturated rings. The molecule has 4 heteroatoms. The van der Waals surface area contributed by atoms with Gasteiger partial charge in [-0.3, -0.25) is 4.79 Å². The predicted octanol–water partition coefficient (Wildman–Crippen LogP) is 4.53. The van der Waals surface area contributed by atoms with Gasteiger partial charge in [-0.1, -0.05) is 44.9 Å². The maximum Gasteiger partial charge on any atom is 0.305 e. The zero-order valence-corrected chi connectivity index (χ0v) is 14.7. The molecule has 0 aliphatic heterocycles. The largest absolute Gasteiger partial charge is 0.466 e. The Morgan fingerprint density at radius 2 is 1.38 bits per heavy atom. The Hall–Kier alpha value is -0.220. The summed E-state index contributed by atoms with van der Waals surface area (Å²) in [6.07, 6.45) is 13.3. The summed E-state index contributed by atoms with van der Waals surface area (Å²) >= 11 is 2.04. The van der Waals surface area contributed by atoms with Crippen molar-refractivity contribution < 1.29 is 9.53 Å². The van der Waals surface area contributed by atoms with E-state index in [0.717, 1.165) is 25.8 Å². The maximum atomic E-state index is 11.1. The van der Waals surface area contributed by atoms with E-state index < -0.39 is 0 Å². The molecule has 0 aliphatic carbocycles. The first-order chi connectivity index (χ1) is 10.3. The van der Waals surface area contributed by atoms with Crippen molar-refractivity contribution >= 4 is 17.7 Å². The molecule has 0 aliphatic rings. The molecular formula is C17H35NO2S. The fourth-order valence-electron chi connectivity index (χ4n) is 2.23. The first kappa shape index (κ1) is 20.8. The lowest BCUT2D eigenvalue weighted by atomic mass is 10.1. The number of carbonyl (C=O) groups excluding carboxylic acids is 1. The summed E-state index contributed by atoms with van der Waals surface area (Å²) in [6, 6.07) is 0. The minimum absolute atomic E-state index is 0.0400. The van der Waals surface area contributed by atoms with E-state index in [1.54, 1.807) is 0 Å². The summed E-state index contributed by atoms with van der Waals surface area (Å²) < 4.78 is 4.91. The van der Waals surface area contributed by atoms with E-state index in [0.29, 0.717) is 13.0 Å². The zero-order chi connectivity index (χ0) is 15.6. The number of esters is 1. The van der Waals surface area contributed by atoms with Gasteiger partial charge in [0, 0.05) is 6.42 Å². The van der Waals surface area contributed by atoms with Crippen LogP contribution in [0.25, 0.3) is 0 Å². The normalized spacial score (nSPS) is 10.8. The predicted molar refractivity (Wildman–Crippen MR) is 93.8 cm³/mol. The van der Waals surface area contributed by atoms with Crippen molar-refractivity contribution in [3.05, 3.63) is 0 Å². The molecule has 0 aromatic heterocycles. The van der Waals surface area contributed by atoms with Gasteiger partial charge in [-0.2, -0.15) is 11.8 Å². The van der Waals surface area contributed by atoms with E-state index in [1.807, 2.05) is 18.7 Å². The lowest BCUT2D eigenvalue weighted by Crippen LogP contribution is -2.03. The zero-order valence-electron chi connectivity index (χ0n) is 13.9. The number of unbranched alkanes of at least 4 members (excludes halogenated alkanes) is 8. The smallest absolute Gasteiger partial charge is 0.305 e. The third-order valence-corrected chi connectivity index (χ3v) is 4.62. The molecule has 0 amide bonds. The molecular weight excluding hydrogens is 282 g/mol. The number of thioether (sulfide) groups is 1. The van der Waals surface area contributed by atoms with Crippen LogP contribution in [0, 0.1) is 0 Å². The molecule has 0 radical (unpaired) electrons. The number of rotatable bonds is 16. The molecule has 2 N–H and O–H groups in total. The van der Waals surface area contributed by atoms with Crippen LogP contribution in [0.15, 0.2) is 0 Å². The maximum absolute atomic E-state index is 11.1. The molecule has 0 saturated carbocycles. The first-order valence-electron chi connectivity index (χ1n) is 8.74. The van der Waals surface area contributed by atoms with E-state index in [1.165, 1.54) is 56.5 Å². The Kier molecular flexibility index (Phi) is 17.6. The van der Waals surface area contributed by atoms with Crippen LogP contribution < -0.4 is 5.73 Å². The second-order valence-electron chi connectivity index (χ2n) is 5.49. The molecule has 0 spiro atoms. The van der Waals surface area contributed by atoms with Crippen molar-refractivity contribution in [2.75, 3.05) is 24.7 Å². The Labute approximate surface area is 135 Å². The molecule has 21 heavy (non-hydrogen) atoms. The van der Waals surface area contributed by atoms with E-state index >= 15 is 0 Å². The van der Waals surface area contributed by atoms with Gasteiger partial charge in [-0.15, -0.1) is 0 Å². The van der Waals surface area contributed by atoms with Crippen LogP contribution in [0.4, 0.5) is 0 Å². The lowest BCUT2D eigenvalue weighted by molar-refractivity contribution is -0.143. The third-order valence-electron chi connectivity index (χ3n) is 3.47. The van der Waals surface area contributed by atoms with E-state index in [-0.39, 0.29) is 5.97 Å². The summed E-state index contributed by atoms with van der Waals surface area (Å²) in [6.45, 7) is 3.19. The number of nitrogens with two attached hydrogens (primary N) is 1. The topological polar surface area (TPSA) is 52.3 Å². The van der Waals surface area contributed by atoms with Gasteiger partial charge in [-0.25, -0.2) is 0 Å². The van der Waals surface area contributed by atoms with Gasteiger partial charge in [0.15, 0.2) is 0 Å². The van der Waals surface area contributed by atoms with Crippen LogP contribution in [-0.2, 0) is 9.53 Å². The van der Waals surface area contributed by atoms with Crippen LogP contribution in [0.1, 0.15) is 77.6 Å². The van der Waals surface area contributed by atoms with Crippen LogP contribution in [0.5, 0.6) is 0 Å². The Bertz CT molecular complexity index is 225. The average molecular weight is 318 g/mol. The van der Waals surface area contributed by atoms with Crippen molar-refractivity contribution in [1.82, 2.24) is 0 Å². The van der Waals surface area contributed by atoms with Crippen molar-refractivity contribution in [3.8, 4) is 0 Å². The monoisotopic (exact) mass is 317 g/mol. The number of ether oxygens (including phenoxy) is 1. The average Bonchev–Trinajstić information content (AvgIpc) is 2.48. The lowest BCUT2D eigenvalue weighted by Gasteiger charge is -2.03. The van der Waals surface area contributed by atoms with E-state index in [2.05, 4.69) is 0 Å². The van der Waals surface area contributed by atoms with Crippen LogP contribution in [0.2, 0.25) is 0 Å². The van der Waals surface area contributed by atoms with Crippen LogP contribution >= 0.6 is 11.8 Å². The van der Waals surface area contributed by atoms with Crippen molar-refractivity contribution in [2.24, 2.45) is 5.73 Å². The van der Waals surface area contributed by atoms with Gasteiger partial charge < -0.3 is 10.5 Å². The molecule has 0 rings (SSSR count). The number of hydrogen-bond donors (Lipinski definition) is 1. The Morgan fingerprint density at radius 3 is 1.95 bits per heavy atom. The third kappa shape index (κ3) is 17.7. The molecule has 0 unspecified atom stereocenters. The minimum atomic E-state index is -0.0400. The summed E-state index contributed by atoms with van der Waals surface area (Å²) in [7, 11) is 0. The standard InChI is InChI=1S/C17H35NO2S/c1-2-20-17(19)13-10-8-6-4-3-5-7-9-11-15-21-16-12-14-18/h2-16,18H2,1H3. The summed E-state index contributed by atoms with van der Waals surface area (Å²) in [5, 5.41) is 0. The molecule has 0 saturated heterocycles. The van der Waals surface area contributed by atoms with E-state index in [9.17, 15) is 4.79 Å². The second-order valence-corrected chi connectivity index (χ2v) is 6.72. The SMILES string of the molecule is CCOC(=O)CCCCCCCCCCCSCCCN. The van der Waals surface area contributed by atoms with Crippen molar-refractivity contribution in [2.45, 2.75) is 77.6 Å². The van der Waals surface area contributed by atoms with Gasteiger partial charge in [0.25, 0.3) is 0 Å². The molecule has 0 aromatic carbocycles. The molecule has 0 atom stereocenters. The van der Waals surface area contributed by atoms with Gasteiger partial charge in [0.2, 0.25) is 0 Å². The van der Waals surface area contributed by atoms with Crippen LogP contribution in [-0.4, -0.2) is 30.6 Å². The highest BCUT2D eigenvalue weighted by Crippen LogP contribution is 2.12. The van der Waals surface area contributed by atoms with Gasteiger partial charge >= 0.3 is 5.97 Å². The van der Waals surface area contributed by atoms with Crippen molar-refractivity contribution in [3.63, 3.8) is 0 Å². The quantitative estimate of drug-likeness (QED) is 0.335. The Balaban J connectivity index is 3.01. The number of hydrogen-bond acceptors (Lipinski definition) is 4. The fourth-order valence-corrected chi connectivity index (χ4v) is 3.21. The molecule has 0 heterocycles. The summed E-state index contributed by atoms with van der Waals surface area (Å²) in [5.41, 5.74) is 5.46. The second kappa shape index (κ2) is 17.8. The summed E-state index contributed by atoms with van der Waals surface area (Å²) in [4.78, 5) is 11.1. The first-order valence-corrected chi connectivity index (χ1v) is 9.90. The highest BCUT2D eigenvalue weighted by molar-refractivity contribution is 7.99. The number of carbonyl (C=O) groups is 1. The molecule has 126 valence electrons. The highest BCUT2D eigenvalue weighted by Gasteiger charge is 2.00. The summed E-state index contributed by atoms with van der Waals surface area (Å²) in [5.74, 6) is 2.48. The molecule has 0 aromatic rings. The molecule has 0 bridgehead atoms. The van der Waals surface area contributed by atoms with Crippen LogP contribution in [0.3, 0.4) is 0 Å². The Morgan fingerprint density at radius 1 is 0.857 bits per heavy atom. The van der Waals surface area contributed by atoms with E-state index in [4.69, 9.17) is 10.5 Å². The van der Waals surface area contributed by atoms with Gasteiger partial charge in [0.05, 0.1) is 6.61 Å².